The number of carbonyl (C=O) groups excluding carboxylic acids is 1. The number of alkyl halides is 3. The molecule has 4 nitrogen and oxygen atoms in total. The number of carbonyl (C=O) groups is 1. The number of hydrogen-bond donors (Lipinski definition) is 3. The summed E-state index contributed by atoms with van der Waals surface area (Å²) in [6, 6.07) is -0.118. The lowest BCUT2D eigenvalue weighted by atomic mass is 9.97. The number of urea groups is 1. The van der Waals surface area contributed by atoms with E-state index < -0.39 is 40.8 Å². The lowest BCUT2D eigenvalue weighted by Crippen LogP contribution is -2.60. The highest BCUT2D eigenvalue weighted by molar-refractivity contribution is 5.93. The van der Waals surface area contributed by atoms with Crippen LogP contribution in [-0.4, -0.2) is 17.3 Å². The van der Waals surface area contributed by atoms with Crippen molar-refractivity contribution in [1.82, 2.24) is 5.32 Å². The fraction of sp³-hybridized carbons (Fsp3) is 0.222. The van der Waals surface area contributed by atoms with Gasteiger partial charge in [-0.1, -0.05) is 0 Å². The van der Waals surface area contributed by atoms with E-state index in [0.717, 1.165) is 11.4 Å². The molecule has 0 aliphatic carbocycles. The fourth-order valence-corrected chi connectivity index (χ4v) is 1.60. The molecule has 2 rings (SSSR count). The molecule has 0 saturated carbocycles. The minimum absolute atomic E-state index is 0.538. The highest BCUT2D eigenvalue weighted by Gasteiger charge is 2.60. The molecule has 1 aromatic carbocycles. The van der Waals surface area contributed by atoms with Crippen molar-refractivity contribution in [2.75, 3.05) is 5.32 Å². The van der Waals surface area contributed by atoms with Crippen LogP contribution in [0.5, 0.6) is 0 Å². The van der Waals surface area contributed by atoms with Gasteiger partial charge in [0.05, 0.1) is 11.3 Å². The molecule has 1 aliphatic rings. The van der Waals surface area contributed by atoms with E-state index in [-0.39, 0.29) is 0 Å². The van der Waals surface area contributed by atoms with Gasteiger partial charge in [-0.25, -0.2) is 13.6 Å². The maximum Gasteiger partial charge on any atom is 0.441 e. The zero-order valence-electron chi connectivity index (χ0n) is 8.40. The Balaban J connectivity index is 2.75. The van der Waals surface area contributed by atoms with Gasteiger partial charge in [0.15, 0.2) is 11.6 Å². The number of anilines is 1. The molecule has 98 valence electrons. The van der Waals surface area contributed by atoms with E-state index in [0.29, 0.717) is 6.07 Å². The molecule has 0 bridgehead atoms. The van der Waals surface area contributed by atoms with Crippen molar-refractivity contribution in [2.24, 2.45) is 0 Å². The third-order valence-corrected chi connectivity index (χ3v) is 2.41. The average molecular weight is 268 g/mol. The molecule has 1 atom stereocenters. The second-order valence-electron chi connectivity index (χ2n) is 3.57. The van der Waals surface area contributed by atoms with Crippen LogP contribution in [-0.2, 0) is 5.72 Å². The van der Waals surface area contributed by atoms with Gasteiger partial charge < -0.3 is 10.4 Å². The third kappa shape index (κ3) is 1.58. The first-order chi connectivity index (χ1) is 8.17. The lowest BCUT2D eigenvalue weighted by molar-refractivity contribution is -0.275. The number of aliphatic hydroxyl groups is 1. The van der Waals surface area contributed by atoms with Gasteiger partial charge in [-0.3, -0.25) is 5.32 Å². The van der Waals surface area contributed by atoms with Crippen LogP contribution in [0.4, 0.5) is 32.4 Å². The minimum atomic E-state index is -5.41. The lowest BCUT2D eigenvalue weighted by Gasteiger charge is -2.36. The SMILES string of the molecule is O=C1Nc2ccc(F)c(F)c2C(O)(C(F)(F)F)N1. The molecule has 0 aromatic heterocycles. The van der Waals surface area contributed by atoms with E-state index in [1.807, 2.05) is 5.32 Å². The Hall–Kier alpha value is -1.90. The normalized spacial score (nSPS) is 23.1. The maximum absolute atomic E-state index is 13.4. The Kier molecular flexibility index (Phi) is 2.47. The smallest absolute Gasteiger partial charge is 0.360 e. The predicted octanol–water partition coefficient (Wildman–Crippen LogP) is 1.81. The zero-order chi connectivity index (χ0) is 13.7. The van der Waals surface area contributed by atoms with Crippen LogP contribution in [0.2, 0.25) is 0 Å². The van der Waals surface area contributed by atoms with Crippen molar-refractivity contribution in [1.29, 1.82) is 0 Å². The van der Waals surface area contributed by atoms with Crippen molar-refractivity contribution in [3.8, 4) is 0 Å². The minimum Gasteiger partial charge on any atom is -0.360 e. The van der Waals surface area contributed by atoms with Crippen molar-refractivity contribution in [2.45, 2.75) is 11.9 Å². The Labute approximate surface area is 96.4 Å². The van der Waals surface area contributed by atoms with Crippen LogP contribution in [0.3, 0.4) is 0 Å². The van der Waals surface area contributed by atoms with Gasteiger partial charge in [-0.2, -0.15) is 13.2 Å². The average Bonchev–Trinajstić information content (AvgIpc) is 2.21. The highest BCUT2D eigenvalue weighted by atomic mass is 19.4. The Morgan fingerprint density at radius 3 is 2.39 bits per heavy atom. The van der Waals surface area contributed by atoms with Crippen LogP contribution in [0.15, 0.2) is 12.1 Å². The van der Waals surface area contributed by atoms with E-state index in [1.165, 1.54) is 0 Å². The molecule has 9 heteroatoms. The summed E-state index contributed by atoms with van der Waals surface area (Å²) in [7, 11) is 0. The molecule has 1 unspecified atom stereocenters. The van der Waals surface area contributed by atoms with Gasteiger partial charge >= 0.3 is 12.2 Å². The Morgan fingerprint density at radius 1 is 1.22 bits per heavy atom. The summed E-state index contributed by atoms with van der Waals surface area (Å²) in [6.07, 6.45) is -5.41. The molecule has 18 heavy (non-hydrogen) atoms. The summed E-state index contributed by atoms with van der Waals surface area (Å²) >= 11 is 0. The highest BCUT2D eigenvalue weighted by Crippen LogP contribution is 2.43. The maximum atomic E-state index is 13.4. The van der Waals surface area contributed by atoms with Crippen molar-refractivity contribution >= 4 is 11.7 Å². The van der Waals surface area contributed by atoms with Gasteiger partial charge in [0.1, 0.15) is 0 Å². The van der Waals surface area contributed by atoms with Gasteiger partial charge in [0.2, 0.25) is 0 Å². The van der Waals surface area contributed by atoms with Crippen LogP contribution >= 0.6 is 0 Å². The number of rotatable bonds is 0. The number of amides is 2. The fourth-order valence-electron chi connectivity index (χ4n) is 1.60. The predicted molar refractivity (Wildman–Crippen MR) is 48.5 cm³/mol. The second kappa shape index (κ2) is 3.55. The van der Waals surface area contributed by atoms with Gasteiger partial charge in [-0.15, -0.1) is 0 Å². The number of fused-ring (bicyclic) bond motifs is 1. The van der Waals surface area contributed by atoms with E-state index in [2.05, 4.69) is 0 Å². The molecule has 1 aliphatic heterocycles. The molecule has 0 saturated heterocycles. The van der Waals surface area contributed by atoms with Gasteiger partial charge in [-0.05, 0) is 12.1 Å². The number of nitrogens with one attached hydrogen (secondary N) is 2. The molecular formula is C9H5F5N2O2. The van der Waals surface area contributed by atoms with Gasteiger partial charge in [0.25, 0.3) is 5.72 Å². The topological polar surface area (TPSA) is 61.4 Å². The largest absolute Gasteiger partial charge is 0.441 e. The molecule has 0 fully saturated rings. The first-order valence-electron chi connectivity index (χ1n) is 4.53. The first-order valence-corrected chi connectivity index (χ1v) is 4.53. The van der Waals surface area contributed by atoms with Gasteiger partial charge in [0, 0.05) is 0 Å². The molecule has 2 amide bonds. The van der Waals surface area contributed by atoms with E-state index in [1.54, 1.807) is 0 Å². The molecule has 1 heterocycles. The van der Waals surface area contributed by atoms with E-state index in [4.69, 9.17) is 0 Å². The van der Waals surface area contributed by atoms with Crippen LogP contribution in [0.1, 0.15) is 5.56 Å². The summed E-state index contributed by atoms with van der Waals surface area (Å²) in [4.78, 5) is 11.0. The summed E-state index contributed by atoms with van der Waals surface area (Å²) in [5, 5.41) is 12.4. The first kappa shape index (κ1) is 12.6. The monoisotopic (exact) mass is 268 g/mol. The van der Waals surface area contributed by atoms with Crippen molar-refractivity contribution < 1.29 is 31.9 Å². The van der Waals surface area contributed by atoms with Crippen LogP contribution in [0, 0.1) is 11.6 Å². The molecule has 3 N–H and O–H groups in total. The Bertz CT molecular complexity index is 530. The van der Waals surface area contributed by atoms with Crippen LogP contribution in [0.25, 0.3) is 0 Å². The molecule has 0 radical (unpaired) electrons. The van der Waals surface area contributed by atoms with Crippen molar-refractivity contribution in [3.05, 3.63) is 29.3 Å². The summed E-state index contributed by atoms with van der Waals surface area (Å²) in [6.45, 7) is 0. The summed E-state index contributed by atoms with van der Waals surface area (Å²) in [5.74, 6) is -3.46. The number of hydrogen-bond acceptors (Lipinski definition) is 2. The number of benzene rings is 1. The second-order valence-corrected chi connectivity index (χ2v) is 3.57. The molecule has 1 aromatic rings. The van der Waals surface area contributed by atoms with E-state index in [9.17, 15) is 31.9 Å². The molecule has 0 spiro atoms. The Morgan fingerprint density at radius 2 is 1.83 bits per heavy atom. The quantitative estimate of drug-likeness (QED) is 0.628. The summed E-state index contributed by atoms with van der Waals surface area (Å²) in [5.41, 5.74) is -6.04. The van der Waals surface area contributed by atoms with Crippen molar-refractivity contribution in [3.63, 3.8) is 0 Å². The third-order valence-electron chi connectivity index (χ3n) is 2.41. The standard InChI is InChI=1S/C9H5F5N2O2/c10-3-1-2-4-5(6(3)11)8(18,9(12,13)14)16-7(17)15-4/h1-2,18H,(H2,15,16,17). The van der Waals surface area contributed by atoms with E-state index >= 15 is 0 Å². The number of halogens is 5. The zero-order valence-corrected chi connectivity index (χ0v) is 8.40. The van der Waals surface area contributed by atoms with Crippen LogP contribution < -0.4 is 10.6 Å². The molecular weight excluding hydrogens is 263 g/mol. The summed E-state index contributed by atoms with van der Waals surface area (Å²) < 4.78 is 64.5.